The standard InChI is InChI=1S/C29H38N2O5/c1-29(2)18-10-9-17(21(29)13-18)15-31(28(35)16-7-8-16)22-14-20(27(34)30-11-12-32)24-19-5-3-4-6-23(19)36-26(24)25(22)33/h3-6,14,16-18,21-22,24-26,32-33H,7-13,15H2,1-2H3,(H,30,34). The fourth-order valence-electron chi connectivity index (χ4n) is 7.55. The van der Waals surface area contributed by atoms with Crippen LogP contribution in [0.2, 0.25) is 0 Å². The maximum atomic E-state index is 13.7. The van der Waals surface area contributed by atoms with Crippen molar-refractivity contribution in [3.63, 3.8) is 0 Å². The van der Waals surface area contributed by atoms with E-state index in [1.54, 1.807) is 0 Å². The van der Waals surface area contributed by atoms with Gasteiger partial charge in [0, 0.05) is 30.1 Å². The molecule has 36 heavy (non-hydrogen) atoms. The van der Waals surface area contributed by atoms with Crippen molar-refractivity contribution >= 4 is 11.8 Å². The van der Waals surface area contributed by atoms with E-state index in [4.69, 9.17) is 4.74 Å². The quantitative estimate of drug-likeness (QED) is 0.541. The molecule has 1 heterocycles. The number of ether oxygens (including phenoxy) is 1. The Bertz CT molecular complexity index is 1080. The monoisotopic (exact) mass is 494 g/mol. The lowest BCUT2D eigenvalue weighted by atomic mass is 9.45. The molecule has 194 valence electrons. The Hall–Kier alpha value is -2.38. The first-order valence-electron chi connectivity index (χ1n) is 13.7. The Labute approximate surface area is 212 Å². The van der Waals surface area contributed by atoms with E-state index in [1.165, 1.54) is 12.8 Å². The van der Waals surface area contributed by atoms with Gasteiger partial charge < -0.3 is 25.2 Å². The van der Waals surface area contributed by atoms with Gasteiger partial charge in [0.25, 0.3) is 0 Å². The molecule has 0 spiro atoms. The van der Waals surface area contributed by atoms with Crippen molar-refractivity contribution in [2.45, 2.75) is 70.1 Å². The summed E-state index contributed by atoms with van der Waals surface area (Å²) in [4.78, 5) is 28.9. The second-order valence-corrected chi connectivity index (χ2v) is 12.1. The van der Waals surface area contributed by atoms with Crippen molar-refractivity contribution in [2.24, 2.45) is 29.1 Å². The minimum atomic E-state index is -0.940. The number of rotatable bonds is 7. The molecular weight excluding hydrogens is 456 g/mol. The number of para-hydroxylation sites is 1. The highest BCUT2D eigenvalue weighted by atomic mass is 16.5. The molecular formula is C29H38N2O5. The molecule has 0 aromatic heterocycles. The van der Waals surface area contributed by atoms with Gasteiger partial charge in [-0.25, -0.2) is 0 Å². The zero-order chi connectivity index (χ0) is 25.2. The number of hydrogen-bond acceptors (Lipinski definition) is 5. The summed E-state index contributed by atoms with van der Waals surface area (Å²) < 4.78 is 6.24. The number of amides is 2. The first kappa shape index (κ1) is 24.0. The smallest absolute Gasteiger partial charge is 0.247 e. The number of hydrogen-bond donors (Lipinski definition) is 3. The van der Waals surface area contributed by atoms with Crippen LogP contribution in [0.4, 0.5) is 0 Å². The fraction of sp³-hybridized carbons (Fsp3) is 0.655. The van der Waals surface area contributed by atoms with Crippen LogP contribution in [0.3, 0.4) is 0 Å². The molecule has 4 saturated carbocycles. The van der Waals surface area contributed by atoms with Crippen LogP contribution >= 0.6 is 0 Å². The summed E-state index contributed by atoms with van der Waals surface area (Å²) in [5, 5.41) is 23.8. The highest BCUT2D eigenvalue weighted by Gasteiger charge is 2.56. The molecule has 1 aromatic rings. The van der Waals surface area contributed by atoms with Gasteiger partial charge in [-0.15, -0.1) is 0 Å². The van der Waals surface area contributed by atoms with E-state index in [9.17, 15) is 19.8 Å². The minimum absolute atomic E-state index is 0.0161. The molecule has 0 saturated heterocycles. The molecule has 7 atom stereocenters. The van der Waals surface area contributed by atoms with Gasteiger partial charge in [0.1, 0.15) is 18.0 Å². The van der Waals surface area contributed by atoms with Gasteiger partial charge in [0.05, 0.1) is 18.6 Å². The fourth-order valence-corrected chi connectivity index (χ4v) is 7.55. The Morgan fingerprint density at radius 1 is 1.17 bits per heavy atom. The molecule has 7 rings (SSSR count). The molecule has 4 fully saturated rings. The van der Waals surface area contributed by atoms with E-state index in [0.717, 1.165) is 30.7 Å². The van der Waals surface area contributed by atoms with Crippen LogP contribution in [-0.2, 0) is 9.59 Å². The predicted molar refractivity (Wildman–Crippen MR) is 134 cm³/mol. The first-order valence-corrected chi connectivity index (χ1v) is 13.7. The van der Waals surface area contributed by atoms with Gasteiger partial charge in [-0.1, -0.05) is 32.0 Å². The van der Waals surface area contributed by atoms with Crippen LogP contribution in [0.1, 0.15) is 57.4 Å². The van der Waals surface area contributed by atoms with Gasteiger partial charge in [-0.05, 0) is 67.4 Å². The van der Waals surface area contributed by atoms with Crippen molar-refractivity contribution in [1.82, 2.24) is 10.2 Å². The predicted octanol–water partition coefficient (Wildman–Crippen LogP) is 2.62. The summed E-state index contributed by atoms with van der Waals surface area (Å²) in [6, 6.07) is 6.97. The second kappa shape index (κ2) is 8.88. The topological polar surface area (TPSA) is 99.1 Å². The Balaban J connectivity index is 1.35. The van der Waals surface area contributed by atoms with Crippen LogP contribution in [-0.4, -0.2) is 64.9 Å². The van der Waals surface area contributed by atoms with E-state index in [2.05, 4.69) is 19.2 Å². The van der Waals surface area contributed by atoms with E-state index in [1.807, 2.05) is 35.2 Å². The molecule has 1 aliphatic heterocycles. The van der Waals surface area contributed by atoms with Gasteiger partial charge in [-0.3, -0.25) is 9.59 Å². The number of fused-ring (bicyclic) bond motifs is 5. The summed E-state index contributed by atoms with van der Waals surface area (Å²) in [6.45, 7) is 5.33. The van der Waals surface area contributed by atoms with Crippen LogP contribution in [0.5, 0.6) is 5.75 Å². The van der Waals surface area contributed by atoms with E-state index in [-0.39, 0.29) is 30.9 Å². The molecule has 5 aliphatic carbocycles. The van der Waals surface area contributed by atoms with E-state index < -0.39 is 24.2 Å². The number of aliphatic hydroxyl groups excluding tert-OH is 2. The summed E-state index contributed by atoms with van der Waals surface area (Å²) in [5.41, 5.74) is 1.68. The summed E-state index contributed by atoms with van der Waals surface area (Å²) >= 11 is 0. The third-order valence-electron chi connectivity index (χ3n) is 9.88. The zero-order valence-corrected chi connectivity index (χ0v) is 21.2. The highest BCUT2D eigenvalue weighted by Crippen LogP contribution is 2.61. The molecule has 7 heteroatoms. The molecule has 6 aliphatic rings. The maximum absolute atomic E-state index is 13.7. The minimum Gasteiger partial charge on any atom is -0.486 e. The van der Waals surface area contributed by atoms with Gasteiger partial charge >= 0.3 is 0 Å². The van der Waals surface area contributed by atoms with Crippen molar-refractivity contribution in [3.05, 3.63) is 41.5 Å². The lowest BCUT2D eigenvalue weighted by Crippen LogP contribution is -2.60. The summed E-state index contributed by atoms with van der Waals surface area (Å²) in [6.07, 6.45) is 5.55. The number of nitrogens with one attached hydrogen (secondary N) is 1. The van der Waals surface area contributed by atoms with Crippen molar-refractivity contribution in [1.29, 1.82) is 0 Å². The molecule has 2 amide bonds. The average molecular weight is 495 g/mol. The third kappa shape index (κ3) is 3.77. The largest absolute Gasteiger partial charge is 0.486 e. The zero-order valence-electron chi connectivity index (χ0n) is 21.2. The SMILES string of the molecule is CC1(C)C2CCC(CN(C(=O)C3CC3)C3C=C(C(=O)NCCO)C4c5ccccc5OC4C3O)C1C2. The highest BCUT2D eigenvalue weighted by molar-refractivity contribution is 5.96. The molecule has 2 bridgehead atoms. The van der Waals surface area contributed by atoms with Crippen LogP contribution in [0.25, 0.3) is 0 Å². The van der Waals surface area contributed by atoms with Crippen LogP contribution < -0.4 is 10.1 Å². The maximum Gasteiger partial charge on any atom is 0.247 e. The van der Waals surface area contributed by atoms with Gasteiger partial charge in [0.2, 0.25) is 11.8 Å². The average Bonchev–Trinajstić information content (AvgIpc) is 3.66. The van der Waals surface area contributed by atoms with Crippen LogP contribution in [0, 0.1) is 29.1 Å². The summed E-state index contributed by atoms with van der Waals surface area (Å²) in [5.74, 6) is 1.85. The molecule has 0 radical (unpaired) electrons. The summed E-state index contributed by atoms with van der Waals surface area (Å²) in [7, 11) is 0. The van der Waals surface area contributed by atoms with Crippen LogP contribution in [0.15, 0.2) is 35.9 Å². The number of carbonyl (C=O) groups is 2. The Morgan fingerprint density at radius 2 is 1.94 bits per heavy atom. The lowest BCUT2D eigenvalue weighted by Gasteiger charge is -2.61. The van der Waals surface area contributed by atoms with Gasteiger partial charge in [0.15, 0.2) is 0 Å². The number of nitrogens with zero attached hydrogens (tertiary/aromatic N) is 1. The lowest BCUT2D eigenvalue weighted by molar-refractivity contribution is -0.147. The normalized spacial score (nSPS) is 35.4. The second-order valence-electron chi connectivity index (χ2n) is 12.1. The van der Waals surface area contributed by atoms with Crippen molar-refractivity contribution in [2.75, 3.05) is 19.7 Å². The van der Waals surface area contributed by atoms with Gasteiger partial charge in [-0.2, -0.15) is 0 Å². The number of benzene rings is 1. The number of aliphatic hydroxyl groups is 2. The number of carbonyl (C=O) groups excluding carboxylic acids is 2. The van der Waals surface area contributed by atoms with E-state index in [0.29, 0.717) is 35.1 Å². The molecule has 7 nitrogen and oxygen atoms in total. The van der Waals surface area contributed by atoms with Crippen molar-refractivity contribution < 1.29 is 24.5 Å². The Kier molecular flexibility index (Phi) is 5.91. The van der Waals surface area contributed by atoms with Crippen molar-refractivity contribution in [3.8, 4) is 5.75 Å². The molecule has 1 aromatic carbocycles. The molecule has 7 unspecified atom stereocenters. The first-order chi connectivity index (χ1) is 17.3. The third-order valence-corrected chi connectivity index (χ3v) is 9.88. The molecule has 3 N–H and O–H groups in total. The Morgan fingerprint density at radius 3 is 2.64 bits per heavy atom. The van der Waals surface area contributed by atoms with E-state index >= 15 is 0 Å².